The van der Waals surface area contributed by atoms with Gasteiger partial charge < -0.3 is 10.5 Å². The van der Waals surface area contributed by atoms with Crippen LogP contribution in [0.15, 0.2) is 30.5 Å². The Bertz CT molecular complexity index is 627. The highest BCUT2D eigenvalue weighted by molar-refractivity contribution is 7.17. The molecule has 2 rings (SSSR count). The highest BCUT2D eigenvalue weighted by Crippen LogP contribution is 2.17. The molecule has 1 heterocycles. The summed E-state index contributed by atoms with van der Waals surface area (Å²) in [6.45, 7) is -0.253. The zero-order valence-corrected chi connectivity index (χ0v) is 10.9. The Morgan fingerprint density at radius 1 is 1.35 bits per heavy atom. The predicted octanol–water partition coefficient (Wildman–Crippen LogP) is 1.40. The molecule has 0 aliphatic heterocycles. The quantitative estimate of drug-likeness (QED) is 0.871. The molecule has 0 radical (unpaired) electrons. The summed E-state index contributed by atoms with van der Waals surface area (Å²) in [5, 5.41) is 2.72. The van der Waals surface area contributed by atoms with Gasteiger partial charge in [-0.1, -0.05) is 11.3 Å². The minimum absolute atomic E-state index is 0.250. The zero-order chi connectivity index (χ0) is 14.5. The number of nitrogens with zero attached hydrogens (tertiary/aromatic N) is 1. The molecule has 0 atom stereocenters. The summed E-state index contributed by atoms with van der Waals surface area (Å²) in [5.41, 5.74) is 5.07. The van der Waals surface area contributed by atoms with Gasteiger partial charge in [-0.15, -0.1) is 0 Å². The molecule has 2 amide bonds. The number of thiazole rings is 1. The number of amides is 2. The number of ether oxygens (including phenoxy) is 1. The Morgan fingerprint density at radius 2 is 2.05 bits per heavy atom. The number of hydrogen-bond donors (Lipinski definition) is 2. The minimum Gasteiger partial charge on any atom is -0.484 e. The predicted molar refractivity (Wildman–Crippen MR) is 71.2 cm³/mol. The van der Waals surface area contributed by atoms with Crippen LogP contribution in [0.25, 0.3) is 0 Å². The lowest BCUT2D eigenvalue weighted by Crippen LogP contribution is -2.20. The summed E-state index contributed by atoms with van der Waals surface area (Å²) in [5.74, 6) is -1.06. The monoisotopic (exact) mass is 295 g/mol. The molecular weight excluding hydrogens is 285 g/mol. The molecule has 0 unspecified atom stereocenters. The van der Waals surface area contributed by atoms with Crippen LogP contribution in [0.4, 0.5) is 9.52 Å². The van der Waals surface area contributed by atoms with Gasteiger partial charge in [-0.3, -0.25) is 14.9 Å². The molecule has 0 spiro atoms. The van der Waals surface area contributed by atoms with E-state index in [1.165, 1.54) is 30.5 Å². The number of rotatable bonds is 5. The molecule has 1 aromatic heterocycles. The van der Waals surface area contributed by atoms with Gasteiger partial charge in [0.1, 0.15) is 16.4 Å². The fourth-order valence-electron chi connectivity index (χ4n) is 1.28. The number of halogens is 1. The van der Waals surface area contributed by atoms with Gasteiger partial charge in [0.15, 0.2) is 11.7 Å². The molecule has 104 valence electrons. The van der Waals surface area contributed by atoms with Gasteiger partial charge in [-0.25, -0.2) is 9.37 Å². The Hall–Kier alpha value is -2.48. The second kappa shape index (κ2) is 6.11. The van der Waals surface area contributed by atoms with Crippen LogP contribution >= 0.6 is 11.3 Å². The van der Waals surface area contributed by atoms with Crippen LogP contribution < -0.4 is 15.8 Å². The van der Waals surface area contributed by atoms with Gasteiger partial charge in [-0.2, -0.15) is 0 Å². The van der Waals surface area contributed by atoms with Gasteiger partial charge in [0.2, 0.25) is 0 Å². The third-order valence-corrected chi connectivity index (χ3v) is 3.11. The van der Waals surface area contributed by atoms with Crippen LogP contribution in [0.5, 0.6) is 5.75 Å². The van der Waals surface area contributed by atoms with Crippen molar-refractivity contribution >= 4 is 28.3 Å². The van der Waals surface area contributed by atoms with Crippen molar-refractivity contribution in [2.24, 2.45) is 5.73 Å². The summed E-state index contributed by atoms with van der Waals surface area (Å²) < 4.78 is 17.8. The number of carbonyl (C=O) groups excluding carboxylic acids is 2. The fraction of sp³-hybridized carbons (Fsp3) is 0.0833. The lowest BCUT2D eigenvalue weighted by atomic mass is 10.3. The molecular formula is C12H10FN3O3S. The minimum atomic E-state index is -0.606. The first-order chi connectivity index (χ1) is 9.54. The van der Waals surface area contributed by atoms with Crippen molar-refractivity contribution in [3.8, 4) is 5.75 Å². The van der Waals surface area contributed by atoms with Crippen LogP contribution in [-0.2, 0) is 4.79 Å². The van der Waals surface area contributed by atoms with Crippen LogP contribution in [0.2, 0.25) is 0 Å². The van der Waals surface area contributed by atoms with Crippen molar-refractivity contribution in [3.05, 3.63) is 41.2 Å². The third-order valence-electron chi connectivity index (χ3n) is 2.18. The molecule has 0 saturated heterocycles. The van der Waals surface area contributed by atoms with Crippen molar-refractivity contribution in [1.29, 1.82) is 0 Å². The molecule has 0 aliphatic carbocycles. The lowest BCUT2D eigenvalue weighted by Gasteiger charge is -2.05. The number of nitrogens with two attached hydrogens (primary N) is 1. The molecule has 0 fully saturated rings. The van der Waals surface area contributed by atoms with Crippen LogP contribution in [-0.4, -0.2) is 23.4 Å². The van der Waals surface area contributed by atoms with Gasteiger partial charge in [0.25, 0.3) is 11.8 Å². The summed E-state index contributed by atoms with van der Waals surface area (Å²) in [7, 11) is 0. The van der Waals surface area contributed by atoms with Crippen LogP contribution in [0, 0.1) is 5.82 Å². The van der Waals surface area contributed by atoms with Crippen LogP contribution in [0.1, 0.15) is 9.67 Å². The number of primary amides is 1. The number of hydrogen-bond acceptors (Lipinski definition) is 5. The normalized spacial score (nSPS) is 10.1. The topological polar surface area (TPSA) is 94.3 Å². The first kappa shape index (κ1) is 13.9. The highest BCUT2D eigenvalue weighted by atomic mass is 32.1. The molecule has 0 aliphatic rings. The van der Waals surface area contributed by atoms with E-state index in [1.54, 1.807) is 0 Å². The van der Waals surface area contributed by atoms with E-state index in [1.807, 2.05) is 0 Å². The van der Waals surface area contributed by atoms with E-state index in [0.29, 0.717) is 5.75 Å². The number of anilines is 1. The largest absolute Gasteiger partial charge is 0.484 e. The van der Waals surface area contributed by atoms with E-state index >= 15 is 0 Å². The van der Waals surface area contributed by atoms with E-state index in [0.717, 1.165) is 11.3 Å². The molecule has 2 aromatic rings. The molecule has 0 saturated carbocycles. The Kier molecular flexibility index (Phi) is 4.26. The molecule has 8 heteroatoms. The van der Waals surface area contributed by atoms with E-state index in [-0.39, 0.29) is 22.4 Å². The van der Waals surface area contributed by atoms with Gasteiger partial charge in [0, 0.05) is 0 Å². The average Bonchev–Trinajstić information content (AvgIpc) is 2.87. The zero-order valence-electron chi connectivity index (χ0n) is 10.1. The van der Waals surface area contributed by atoms with Gasteiger partial charge in [-0.05, 0) is 24.3 Å². The standard InChI is InChI=1S/C12H10FN3O3S/c13-7-1-3-8(4-2-7)19-6-10(17)16-12-15-5-9(20-12)11(14)18/h1-5H,6H2,(H2,14,18)(H,15,16,17). The maximum Gasteiger partial charge on any atom is 0.264 e. The van der Waals surface area contributed by atoms with Gasteiger partial charge in [0.05, 0.1) is 6.20 Å². The highest BCUT2D eigenvalue weighted by Gasteiger charge is 2.10. The molecule has 20 heavy (non-hydrogen) atoms. The fourth-order valence-corrected chi connectivity index (χ4v) is 1.97. The Morgan fingerprint density at radius 3 is 2.65 bits per heavy atom. The molecule has 1 aromatic carbocycles. The van der Waals surface area contributed by atoms with E-state index in [4.69, 9.17) is 10.5 Å². The number of benzene rings is 1. The first-order valence-corrected chi connectivity index (χ1v) is 6.30. The van der Waals surface area contributed by atoms with E-state index < -0.39 is 11.8 Å². The summed E-state index contributed by atoms with van der Waals surface area (Å²) in [6, 6.07) is 5.29. The molecule has 0 bridgehead atoms. The van der Waals surface area contributed by atoms with E-state index in [2.05, 4.69) is 10.3 Å². The number of nitrogens with one attached hydrogen (secondary N) is 1. The van der Waals surface area contributed by atoms with Crippen molar-refractivity contribution in [1.82, 2.24) is 4.98 Å². The Labute approximate surface area is 117 Å². The SMILES string of the molecule is NC(=O)c1cnc(NC(=O)COc2ccc(F)cc2)s1. The third kappa shape index (κ3) is 3.75. The van der Waals surface area contributed by atoms with Crippen LogP contribution in [0.3, 0.4) is 0 Å². The van der Waals surface area contributed by atoms with Crippen molar-refractivity contribution in [2.75, 3.05) is 11.9 Å². The summed E-state index contributed by atoms with van der Waals surface area (Å²) in [4.78, 5) is 26.5. The maximum atomic E-state index is 12.7. The van der Waals surface area contributed by atoms with Crippen molar-refractivity contribution < 1.29 is 18.7 Å². The summed E-state index contributed by atoms with van der Waals surface area (Å²) >= 11 is 0.970. The first-order valence-electron chi connectivity index (χ1n) is 5.48. The smallest absolute Gasteiger partial charge is 0.264 e. The number of aromatic nitrogens is 1. The van der Waals surface area contributed by atoms with Crippen molar-refractivity contribution in [2.45, 2.75) is 0 Å². The Balaban J connectivity index is 1.85. The maximum absolute atomic E-state index is 12.7. The average molecular weight is 295 g/mol. The van der Waals surface area contributed by atoms with Crippen molar-refractivity contribution in [3.63, 3.8) is 0 Å². The summed E-state index contributed by atoms with van der Waals surface area (Å²) in [6.07, 6.45) is 1.28. The molecule has 6 nitrogen and oxygen atoms in total. The second-order valence-electron chi connectivity index (χ2n) is 3.68. The van der Waals surface area contributed by atoms with E-state index in [9.17, 15) is 14.0 Å². The lowest BCUT2D eigenvalue weighted by molar-refractivity contribution is -0.118. The molecule has 3 N–H and O–H groups in total. The van der Waals surface area contributed by atoms with Gasteiger partial charge >= 0.3 is 0 Å². The second-order valence-corrected chi connectivity index (χ2v) is 4.72. The number of carbonyl (C=O) groups is 2.